The second kappa shape index (κ2) is 9.50. The molecule has 1 aliphatic heterocycles. The number of aliphatic hydroxyl groups excluding tert-OH is 1. The van der Waals surface area contributed by atoms with E-state index in [9.17, 15) is 5.11 Å². The maximum absolute atomic E-state index is 11.1. The van der Waals surface area contributed by atoms with Gasteiger partial charge in [0, 0.05) is 30.2 Å². The summed E-state index contributed by atoms with van der Waals surface area (Å²) in [6.45, 7) is 1.79. The maximum Gasteiger partial charge on any atom is 0.119 e. The van der Waals surface area contributed by atoms with E-state index in [2.05, 4.69) is 38.8 Å². The van der Waals surface area contributed by atoms with Gasteiger partial charge in [0.05, 0.1) is 34.5 Å². The lowest BCUT2D eigenvalue weighted by molar-refractivity contribution is 0.141. The Kier molecular flexibility index (Phi) is 6.32. The third-order valence-electron chi connectivity index (χ3n) is 6.33. The molecule has 3 heterocycles. The van der Waals surface area contributed by atoms with Crippen LogP contribution in [-0.2, 0) is 6.54 Å². The lowest BCUT2D eigenvalue weighted by atomic mass is 9.92. The van der Waals surface area contributed by atoms with E-state index < -0.39 is 6.10 Å². The van der Waals surface area contributed by atoms with Gasteiger partial charge in [0.1, 0.15) is 5.75 Å². The fourth-order valence-electron chi connectivity index (χ4n) is 4.61. The molecule has 0 bridgehead atoms. The number of benzene rings is 2. The van der Waals surface area contributed by atoms with Crippen LogP contribution in [0.2, 0.25) is 0 Å². The summed E-state index contributed by atoms with van der Waals surface area (Å²) in [6, 6.07) is 14.9. The number of aliphatic hydroxyl groups is 1. The molecular formula is C25H28N4O2S. The van der Waals surface area contributed by atoms with E-state index in [0.29, 0.717) is 12.5 Å². The second-order valence-corrected chi connectivity index (χ2v) is 9.33. The van der Waals surface area contributed by atoms with Gasteiger partial charge in [0.2, 0.25) is 0 Å². The van der Waals surface area contributed by atoms with E-state index in [1.54, 1.807) is 24.6 Å². The van der Waals surface area contributed by atoms with Gasteiger partial charge >= 0.3 is 0 Å². The van der Waals surface area contributed by atoms with Crippen molar-refractivity contribution in [1.82, 2.24) is 20.6 Å². The summed E-state index contributed by atoms with van der Waals surface area (Å²) in [7, 11) is 1.65. The van der Waals surface area contributed by atoms with Crippen molar-refractivity contribution in [2.45, 2.75) is 44.0 Å². The molecular weight excluding hydrogens is 420 g/mol. The average Bonchev–Trinajstić information content (AvgIpc) is 3.30. The first-order chi connectivity index (χ1) is 15.7. The molecule has 3 N–H and O–H groups in total. The number of methoxy groups -OCH3 is 1. The highest BCUT2D eigenvalue weighted by Gasteiger charge is 2.25. The normalized spacial score (nSPS) is 19.9. The first-order valence-corrected chi connectivity index (χ1v) is 12.0. The molecule has 0 amide bonds. The number of fused-ring (bicyclic) bond motifs is 2. The quantitative estimate of drug-likeness (QED) is 0.394. The highest BCUT2D eigenvalue weighted by atomic mass is 32.1. The van der Waals surface area contributed by atoms with Gasteiger partial charge in [-0.1, -0.05) is 6.07 Å². The lowest BCUT2D eigenvalue weighted by Gasteiger charge is -2.32. The zero-order valence-corrected chi connectivity index (χ0v) is 18.9. The van der Waals surface area contributed by atoms with Crippen LogP contribution in [0, 0.1) is 0 Å². The van der Waals surface area contributed by atoms with E-state index in [-0.39, 0.29) is 6.04 Å². The number of hydrogen-bond donors (Lipinski definition) is 3. The number of nitrogens with zero attached hydrogens (tertiary/aromatic N) is 2. The number of rotatable bonds is 7. The van der Waals surface area contributed by atoms with Gasteiger partial charge in [0.15, 0.2) is 0 Å². The molecule has 7 heteroatoms. The van der Waals surface area contributed by atoms with Gasteiger partial charge in [-0.25, -0.2) is 4.98 Å². The summed E-state index contributed by atoms with van der Waals surface area (Å²) in [5.74, 6) is 0.773. The van der Waals surface area contributed by atoms with Gasteiger partial charge in [-0.05, 0) is 73.3 Å². The van der Waals surface area contributed by atoms with Crippen LogP contribution in [0.4, 0.5) is 0 Å². The van der Waals surface area contributed by atoms with E-state index in [1.165, 1.54) is 10.3 Å². The minimum absolute atomic E-state index is 0.256. The Morgan fingerprint density at radius 3 is 3.03 bits per heavy atom. The van der Waals surface area contributed by atoms with Crippen LogP contribution in [0.5, 0.6) is 5.75 Å². The third-order valence-corrected chi connectivity index (χ3v) is 7.14. The second-order valence-electron chi connectivity index (χ2n) is 8.44. The number of hydrogen-bond acceptors (Lipinski definition) is 7. The van der Waals surface area contributed by atoms with Crippen LogP contribution >= 0.6 is 11.3 Å². The molecule has 0 radical (unpaired) electrons. The number of pyridine rings is 1. The number of thiazole rings is 1. The summed E-state index contributed by atoms with van der Waals surface area (Å²) >= 11 is 1.67. The van der Waals surface area contributed by atoms with E-state index in [0.717, 1.165) is 53.7 Å². The first-order valence-electron chi connectivity index (χ1n) is 11.1. The Labute approximate surface area is 191 Å². The van der Waals surface area contributed by atoms with Gasteiger partial charge in [-0.15, -0.1) is 11.3 Å². The van der Waals surface area contributed by atoms with Crippen LogP contribution in [-0.4, -0.2) is 40.8 Å². The summed E-state index contributed by atoms with van der Waals surface area (Å²) in [4.78, 5) is 8.85. The summed E-state index contributed by atoms with van der Waals surface area (Å²) in [5, 5.41) is 19.3. The molecule has 2 aromatic heterocycles. The van der Waals surface area contributed by atoms with Crippen molar-refractivity contribution in [3.63, 3.8) is 0 Å². The molecule has 2 aromatic carbocycles. The number of nitrogens with one attached hydrogen (secondary N) is 2. The molecule has 0 aliphatic carbocycles. The Hall–Kier alpha value is -2.58. The highest BCUT2D eigenvalue weighted by Crippen LogP contribution is 2.30. The monoisotopic (exact) mass is 448 g/mol. The van der Waals surface area contributed by atoms with Crippen molar-refractivity contribution >= 4 is 32.5 Å². The molecule has 5 rings (SSSR count). The smallest absolute Gasteiger partial charge is 0.119 e. The fraction of sp³-hybridized carbons (Fsp3) is 0.360. The Morgan fingerprint density at radius 1 is 1.19 bits per heavy atom. The molecule has 32 heavy (non-hydrogen) atoms. The van der Waals surface area contributed by atoms with Crippen molar-refractivity contribution in [1.29, 1.82) is 0 Å². The fourth-order valence-corrected chi connectivity index (χ4v) is 5.27. The summed E-state index contributed by atoms with van der Waals surface area (Å²) in [6.07, 6.45) is 3.95. The largest absolute Gasteiger partial charge is 0.497 e. The Morgan fingerprint density at radius 2 is 2.12 bits per heavy atom. The standard InChI is InChI=1S/C25H28N4O2S/c1-31-19-3-4-22-21(13-19)20(7-9-27-22)24(30)12-18-11-17(6-8-26-18)28-14-16-2-5-25-23(10-16)29-15-32-25/h2-5,7,9-10,13,15,17-18,24,26,28,30H,6,8,11-12,14H2,1H3/t17?,18?,24-/m1/s1. The van der Waals surface area contributed by atoms with Crippen LogP contribution in [0.1, 0.15) is 36.5 Å². The third kappa shape index (κ3) is 4.61. The lowest BCUT2D eigenvalue weighted by Crippen LogP contribution is -2.46. The molecule has 3 atom stereocenters. The SMILES string of the molecule is COc1ccc2nccc([C@H](O)CC3CC(NCc4ccc5scnc5c4)CCN3)c2c1. The zero-order chi connectivity index (χ0) is 21.9. The number of aromatic nitrogens is 2. The van der Waals surface area contributed by atoms with Crippen LogP contribution < -0.4 is 15.4 Å². The minimum atomic E-state index is -0.559. The molecule has 4 aromatic rings. The van der Waals surface area contributed by atoms with Gasteiger partial charge in [-0.2, -0.15) is 0 Å². The van der Waals surface area contributed by atoms with Crippen LogP contribution in [0.3, 0.4) is 0 Å². The topological polar surface area (TPSA) is 79.3 Å². The highest BCUT2D eigenvalue weighted by molar-refractivity contribution is 7.16. The maximum atomic E-state index is 11.1. The predicted molar refractivity (Wildman–Crippen MR) is 129 cm³/mol. The van der Waals surface area contributed by atoms with E-state index in [1.807, 2.05) is 29.8 Å². The van der Waals surface area contributed by atoms with Crippen LogP contribution in [0.25, 0.3) is 21.1 Å². The van der Waals surface area contributed by atoms with Crippen LogP contribution in [0.15, 0.2) is 54.2 Å². The van der Waals surface area contributed by atoms with Gasteiger partial charge < -0.3 is 20.5 Å². The molecule has 1 saturated heterocycles. The molecule has 0 spiro atoms. The Bertz CT molecular complexity index is 1210. The molecule has 1 fully saturated rings. The predicted octanol–water partition coefficient (Wildman–Crippen LogP) is 4.19. The number of ether oxygens (including phenoxy) is 1. The summed E-state index contributed by atoms with van der Waals surface area (Å²) in [5.41, 5.74) is 6.00. The Balaban J connectivity index is 1.22. The van der Waals surface area contributed by atoms with Gasteiger partial charge in [0.25, 0.3) is 0 Å². The molecule has 6 nitrogen and oxygen atoms in total. The molecule has 166 valence electrons. The van der Waals surface area contributed by atoms with E-state index in [4.69, 9.17) is 4.74 Å². The number of piperidine rings is 1. The van der Waals surface area contributed by atoms with Crippen molar-refractivity contribution < 1.29 is 9.84 Å². The van der Waals surface area contributed by atoms with Crippen molar-refractivity contribution in [3.8, 4) is 5.75 Å². The molecule has 0 saturated carbocycles. The average molecular weight is 449 g/mol. The van der Waals surface area contributed by atoms with Gasteiger partial charge in [-0.3, -0.25) is 4.98 Å². The zero-order valence-electron chi connectivity index (χ0n) is 18.1. The molecule has 2 unspecified atom stereocenters. The molecule has 1 aliphatic rings. The van der Waals surface area contributed by atoms with Crippen molar-refractivity contribution in [2.75, 3.05) is 13.7 Å². The minimum Gasteiger partial charge on any atom is -0.497 e. The first kappa shape index (κ1) is 21.3. The summed E-state index contributed by atoms with van der Waals surface area (Å²) < 4.78 is 6.60. The van der Waals surface area contributed by atoms with Crippen molar-refractivity contribution in [2.24, 2.45) is 0 Å². The van der Waals surface area contributed by atoms with Crippen molar-refractivity contribution in [3.05, 3.63) is 65.3 Å². The van der Waals surface area contributed by atoms with E-state index >= 15 is 0 Å².